The van der Waals surface area contributed by atoms with E-state index in [1.165, 1.54) is 13.0 Å². The molecular formula is C25H33NO7. The molecule has 0 aromatic rings. The summed E-state index contributed by atoms with van der Waals surface area (Å²) < 4.78 is 5.59. The van der Waals surface area contributed by atoms with E-state index in [9.17, 15) is 29.4 Å². The van der Waals surface area contributed by atoms with E-state index in [1.807, 2.05) is 13.0 Å². The van der Waals surface area contributed by atoms with E-state index in [1.54, 1.807) is 38.2 Å². The van der Waals surface area contributed by atoms with E-state index in [-0.39, 0.29) is 6.42 Å². The Kier molecular flexibility index (Phi) is 8.69. The van der Waals surface area contributed by atoms with Crippen molar-refractivity contribution in [2.75, 3.05) is 0 Å². The van der Waals surface area contributed by atoms with E-state index in [4.69, 9.17) is 4.74 Å². The minimum atomic E-state index is -1.78. The molecule has 3 aliphatic rings. The van der Waals surface area contributed by atoms with Crippen molar-refractivity contribution < 1.29 is 34.1 Å². The van der Waals surface area contributed by atoms with E-state index < -0.39 is 59.1 Å². The highest BCUT2D eigenvalue weighted by Crippen LogP contribution is 2.38. The zero-order valence-corrected chi connectivity index (χ0v) is 19.7. The molecule has 3 rings (SSSR count). The summed E-state index contributed by atoms with van der Waals surface area (Å²) in [5.74, 6) is -3.74. The van der Waals surface area contributed by atoms with Crippen molar-refractivity contribution in [1.82, 2.24) is 5.32 Å². The van der Waals surface area contributed by atoms with Crippen molar-refractivity contribution in [1.29, 1.82) is 0 Å². The van der Waals surface area contributed by atoms with Crippen LogP contribution in [-0.4, -0.2) is 58.0 Å². The number of fused-ring (bicyclic) bond motifs is 10. The van der Waals surface area contributed by atoms with Crippen LogP contribution in [0.5, 0.6) is 0 Å². The van der Waals surface area contributed by atoms with Gasteiger partial charge in [0.25, 0.3) is 5.91 Å². The number of esters is 1. The first-order valence-electron chi connectivity index (χ1n) is 11.0. The van der Waals surface area contributed by atoms with Crippen LogP contribution in [0.15, 0.2) is 47.6 Å². The predicted octanol–water partition coefficient (Wildman–Crippen LogP) is 1.72. The lowest BCUT2D eigenvalue weighted by Crippen LogP contribution is -2.61. The summed E-state index contributed by atoms with van der Waals surface area (Å²) in [5, 5.41) is 23.1. The van der Waals surface area contributed by atoms with Crippen LogP contribution in [0.1, 0.15) is 47.5 Å². The number of aliphatic hydroxyl groups excluding tert-OH is 2. The molecule has 1 saturated heterocycles. The molecule has 8 heteroatoms. The summed E-state index contributed by atoms with van der Waals surface area (Å²) in [4.78, 5) is 50.3. The number of Topliss-reactive ketones (excluding diaryl/α,β-unsaturated/α-hetero) is 2. The first kappa shape index (κ1) is 26.4. The molecule has 3 N–H and O–H groups in total. The van der Waals surface area contributed by atoms with E-state index >= 15 is 0 Å². The fraction of sp³-hybridized carbons (Fsp3) is 0.520. The maximum atomic E-state index is 13.4. The molecule has 0 aromatic carbocycles. The van der Waals surface area contributed by atoms with Gasteiger partial charge in [0, 0.05) is 13.3 Å². The lowest BCUT2D eigenvalue weighted by molar-refractivity contribution is -0.181. The average molecular weight is 460 g/mol. The number of hydrogen-bond donors (Lipinski definition) is 3. The Morgan fingerprint density at radius 2 is 1.70 bits per heavy atom. The van der Waals surface area contributed by atoms with E-state index in [0.29, 0.717) is 12.0 Å². The monoisotopic (exact) mass is 459 g/mol. The average Bonchev–Trinajstić information content (AvgIpc) is 2.75. The molecule has 2 bridgehead atoms. The number of amides is 1. The van der Waals surface area contributed by atoms with Crippen LogP contribution in [0.3, 0.4) is 0 Å². The van der Waals surface area contributed by atoms with Crippen molar-refractivity contribution in [3.63, 3.8) is 0 Å². The third-order valence-electron chi connectivity index (χ3n) is 6.14. The topological polar surface area (TPSA) is 130 Å². The summed E-state index contributed by atoms with van der Waals surface area (Å²) in [6.45, 7) is 7.62. The number of hydrogen-bond acceptors (Lipinski definition) is 7. The normalized spacial score (nSPS) is 38.7. The van der Waals surface area contributed by atoms with Gasteiger partial charge in [0.1, 0.15) is 11.5 Å². The van der Waals surface area contributed by atoms with Crippen LogP contribution >= 0.6 is 0 Å². The molecule has 0 radical (unpaired) electrons. The summed E-state index contributed by atoms with van der Waals surface area (Å²) in [6, 6.07) is -1.15. The molecule has 6 atom stereocenters. The standard InChI is InChI=1S/C25H33NO7/c1-14-6-9-18(28)10-8-15(2)12-21(26-23(31)17(4)27)25(5)22(30)16(3)20(33-24(25)32)13-19(29)11-7-14/h6-8,10-12,16,18-21,28-29H,9,13H2,1-5H3,(H,26,31)/b10-8+,11-7+,14-6+,15-12+/t16-,18+,19-,20-,21-,25+/m1/s1. The summed E-state index contributed by atoms with van der Waals surface area (Å²) >= 11 is 0. The number of nitrogens with one attached hydrogen (secondary N) is 1. The highest BCUT2D eigenvalue weighted by atomic mass is 16.5. The summed E-state index contributed by atoms with van der Waals surface area (Å²) in [7, 11) is 0. The van der Waals surface area contributed by atoms with E-state index in [0.717, 1.165) is 12.5 Å². The zero-order valence-electron chi connectivity index (χ0n) is 19.7. The Morgan fingerprint density at radius 1 is 1.09 bits per heavy atom. The lowest BCUT2D eigenvalue weighted by Gasteiger charge is -2.42. The van der Waals surface area contributed by atoms with Gasteiger partial charge < -0.3 is 20.3 Å². The minimum absolute atomic E-state index is 0.0298. The van der Waals surface area contributed by atoms with Gasteiger partial charge in [-0.2, -0.15) is 0 Å². The number of carbonyl (C=O) groups is 4. The number of carbonyl (C=O) groups excluding carboxylic acids is 4. The van der Waals surface area contributed by atoms with Crippen molar-refractivity contribution in [2.45, 2.75) is 71.8 Å². The number of ether oxygens (including phenoxy) is 1. The number of allylic oxidation sites excluding steroid dienone is 4. The first-order chi connectivity index (χ1) is 15.4. The molecule has 2 heterocycles. The Bertz CT molecular complexity index is 929. The second kappa shape index (κ2) is 10.9. The van der Waals surface area contributed by atoms with Crippen LogP contribution in [0.4, 0.5) is 0 Å². The van der Waals surface area contributed by atoms with Gasteiger partial charge in [-0.25, -0.2) is 0 Å². The van der Waals surface area contributed by atoms with Crippen LogP contribution in [0.2, 0.25) is 0 Å². The SMILES string of the molecule is CC(=O)C(=O)N[C@@H]1/C=C(C)/C=C/[C@@H](O)C/C=C(C)/C=C/[C@@H](O)C[C@H]2OC(=O)[C@]1(C)C(=O)[C@@H]2C. The molecule has 1 amide bonds. The molecule has 33 heavy (non-hydrogen) atoms. The number of ketones is 2. The van der Waals surface area contributed by atoms with Crippen LogP contribution in [-0.2, 0) is 23.9 Å². The highest BCUT2D eigenvalue weighted by Gasteiger charge is 2.56. The minimum Gasteiger partial charge on any atom is -0.461 e. The fourth-order valence-electron chi connectivity index (χ4n) is 3.85. The molecule has 0 spiro atoms. The van der Waals surface area contributed by atoms with Gasteiger partial charge >= 0.3 is 5.97 Å². The molecular weight excluding hydrogens is 426 g/mol. The van der Waals surface area contributed by atoms with Crippen molar-refractivity contribution >= 4 is 23.4 Å². The van der Waals surface area contributed by atoms with Crippen molar-refractivity contribution in [3.05, 3.63) is 47.6 Å². The lowest BCUT2D eigenvalue weighted by atomic mass is 9.69. The van der Waals surface area contributed by atoms with Gasteiger partial charge in [-0.3, -0.25) is 19.2 Å². The van der Waals surface area contributed by atoms with Gasteiger partial charge in [-0.15, -0.1) is 0 Å². The Labute approximate surface area is 194 Å². The largest absolute Gasteiger partial charge is 0.461 e. The van der Waals surface area contributed by atoms with Crippen LogP contribution in [0.25, 0.3) is 0 Å². The Hall–Kier alpha value is -2.84. The van der Waals surface area contributed by atoms with Crippen LogP contribution in [0, 0.1) is 11.3 Å². The van der Waals surface area contributed by atoms with E-state index in [2.05, 4.69) is 5.32 Å². The van der Waals surface area contributed by atoms with Crippen molar-refractivity contribution in [3.8, 4) is 0 Å². The maximum Gasteiger partial charge on any atom is 0.322 e. The molecule has 0 saturated carbocycles. The second-order valence-electron chi connectivity index (χ2n) is 8.99. The van der Waals surface area contributed by atoms with Gasteiger partial charge in [-0.1, -0.05) is 54.5 Å². The molecule has 1 aliphatic carbocycles. The second-order valence-corrected chi connectivity index (χ2v) is 8.99. The molecule has 8 nitrogen and oxygen atoms in total. The zero-order chi connectivity index (χ0) is 24.9. The number of rotatable bonds is 2. The quantitative estimate of drug-likeness (QED) is 0.326. The summed E-state index contributed by atoms with van der Waals surface area (Å²) in [6.07, 6.45) is 7.54. The Morgan fingerprint density at radius 3 is 2.33 bits per heavy atom. The summed E-state index contributed by atoms with van der Waals surface area (Å²) in [5.41, 5.74) is -0.371. The maximum absolute atomic E-state index is 13.4. The molecule has 0 unspecified atom stereocenters. The highest BCUT2D eigenvalue weighted by molar-refractivity contribution is 6.35. The van der Waals surface area contributed by atoms with Gasteiger partial charge in [-0.05, 0) is 27.2 Å². The predicted molar refractivity (Wildman–Crippen MR) is 122 cm³/mol. The smallest absolute Gasteiger partial charge is 0.322 e. The first-order valence-corrected chi connectivity index (χ1v) is 11.0. The van der Waals surface area contributed by atoms with Gasteiger partial charge in [0.15, 0.2) is 5.78 Å². The van der Waals surface area contributed by atoms with Gasteiger partial charge in [0.05, 0.1) is 24.2 Å². The van der Waals surface area contributed by atoms with Crippen LogP contribution < -0.4 is 5.32 Å². The third-order valence-corrected chi connectivity index (χ3v) is 6.14. The fourth-order valence-corrected chi connectivity index (χ4v) is 3.85. The van der Waals surface area contributed by atoms with Gasteiger partial charge in [0.2, 0.25) is 5.78 Å². The molecule has 180 valence electrons. The molecule has 1 fully saturated rings. The third kappa shape index (κ3) is 6.36. The van der Waals surface area contributed by atoms with Crippen molar-refractivity contribution in [2.24, 2.45) is 11.3 Å². The number of aliphatic hydroxyl groups is 2. The molecule has 0 aromatic heterocycles. The molecule has 2 aliphatic heterocycles. The Balaban J connectivity index is 2.57.